The molecule has 1 aromatic heterocycles. The first kappa shape index (κ1) is 16.6. The van der Waals surface area contributed by atoms with E-state index in [-0.39, 0.29) is 6.04 Å². The van der Waals surface area contributed by atoms with Gasteiger partial charge in [-0.25, -0.2) is 0 Å². The summed E-state index contributed by atoms with van der Waals surface area (Å²) in [7, 11) is 1.67. The highest BCUT2D eigenvalue weighted by atomic mass is 32.1. The zero-order valence-corrected chi connectivity index (χ0v) is 15.7. The predicted octanol–water partition coefficient (Wildman–Crippen LogP) is 4.34. The second-order valence-corrected chi connectivity index (χ2v) is 6.81. The highest BCUT2D eigenvalue weighted by molar-refractivity contribution is 7.80. The lowest BCUT2D eigenvalue weighted by atomic mass is 9.94. The van der Waals surface area contributed by atoms with Gasteiger partial charge in [0.05, 0.1) is 13.2 Å². The monoisotopic (exact) mass is 364 g/mol. The number of anilines is 2. The van der Waals surface area contributed by atoms with E-state index in [1.807, 2.05) is 19.1 Å². The standard InChI is InChI=1S/C20H20N4OS/c1-12-4-8-15(9-5-12)24-18(14-6-10-16(25-3)11-7-14)17-13(2)22-23-19(17)21-20(24)26/h4-11,18H,1-3H3,(H2,21,22,23,26). The SMILES string of the molecule is COc1ccc(C2c3c(n[nH]c3C)NC(=S)N2c2ccc(C)cc2)cc1. The van der Waals surface area contributed by atoms with Crippen LogP contribution >= 0.6 is 12.2 Å². The quantitative estimate of drug-likeness (QED) is 0.677. The maximum Gasteiger partial charge on any atom is 0.180 e. The summed E-state index contributed by atoms with van der Waals surface area (Å²) in [5.74, 6) is 1.62. The normalized spacial score (nSPS) is 16.2. The van der Waals surface area contributed by atoms with Crippen LogP contribution in [0.25, 0.3) is 0 Å². The Balaban J connectivity index is 1.88. The van der Waals surface area contributed by atoms with E-state index in [0.717, 1.165) is 34.1 Å². The van der Waals surface area contributed by atoms with Gasteiger partial charge in [0.2, 0.25) is 0 Å². The van der Waals surface area contributed by atoms with Crippen LogP contribution in [0.5, 0.6) is 5.75 Å². The van der Waals surface area contributed by atoms with Gasteiger partial charge in [-0.2, -0.15) is 5.10 Å². The fraction of sp³-hybridized carbons (Fsp3) is 0.200. The molecule has 1 aliphatic rings. The lowest BCUT2D eigenvalue weighted by Gasteiger charge is -2.38. The molecule has 1 atom stereocenters. The van der Waals surface area contributed by atoms with Gasteiger partial charge in [-0.15, -0.1) is 0 Å². The first-order valence-corrected chi connectivity index (χ1v) is 8.85. The lowest BCUT2D eigenvalue weighted by Crippen LogP contribution is -2.42. The maximum atomic E-state index is 5.69. The Kier molecular flexibility index (Phi) is 4.12. The molecule has 1 unspecified atom stereocenters. The Morgan fingerprint density at radius 3 is 2.38 bits per heavy atom. The van der Waals surface area contributed by atoms with Crippen molar-refractivity contribution in [3.05, 3.63) is 70.9 Å². The van der Waals surface area contributed by atoms with Crippen molar-refractivity contribution in [3.63, 3.8) is 0 Å². The molecule has 0 amide bonds. The molecule has 2 aromatic carbocycles. The fourth-order valence-corrected chi connectivity index (χ4v) is 3.66. The Bertz CT molecular complexity index is 947. The molecular weight excluding hydrogens is 344 g/mol. The zero-order valence-electron chi connectivity index (χ0n) is 14.9. The van der Waals surface area contributed by atoms with Crippen LogP contribution in [-0.2, 0) is 0 Å². The number of aromatic nitrogens is 2. The molecule has 0 radical (unpaired) electrons. The number of rotatable bonds is 3. The van der Waals surface area contributed by atoms with Gasteiger partial charge < -0.3 is 15.0 Å². The Hall–Kier alpha value is -2.86. The number of aromatic amines is 1. The highest BCUT2D eigenvalue weighted by Gasteiger charge is 2.35. The molecule has 26 heavy (non-hydrogen) atoms. The molecule has 132 valence electrons. The average Bonchev–Trinajstić information content (AvgIpc) is 3.02. The van der Waals surface area contributed by atoms with Crippen molar-refractivity contribution < 1.29 is 4.74 Å². The summed E-state index contributed by atoms with van der Waals surface area (Å²) in [6, 6.07) is 16.4. The second-order valence-electron chi connectivity index (χ2n) is 6.42. The van der Waals surface area contributed by atoms with E-state index in [2.05, 4.69) is 63.7 Å². The minimum atomic E-state index is -0.0638. The van der Waals surface area contributed by atoms with Crippen LogP contribution in [0.4, 0.5) is 11.5 Å². The number of thiocarbonyl (C=S) groups is 1. The third-order valence-electron chi connectivity index (χ3n) is 4.71. The van der Waals surface area contributed by atoms with Gasteiger partial charge in [0.25, 0.3) is 0 Å². The molecule has 0 bridgehead atoms. The number of benzene rings is 2. The van der Waals surface area contributed by atoms with Crippen LogP contribution in [0.15, 0.2) is 48.5 Å². The molecule has 0 saturated carbocycles. The molecule has 0 aliphatic carbocycles. The van der Waals surface area contributed by atoms with Gasteiger partial charge in [-0.05, 0) is 55.9 Å². The smallest absolute Gasteiger partial charge is 0.180 e. The molecule has 3 aromatic rings. The molecule has 1 aliphatic heterocycles. The van der Waals surface area contributed by atoms with Gasteiger partial charge in [-0.1, -0.05) is 29.8 Å². The molecule has 4 rings (SSSR count). The molecule has 2 heterocycles. The first-order valence-electron chi connectivity index (χ1n) is 8.44. The van der Waals surface area contributed by atoms with Gasteiger partial charge in [0, 0.05) is 16.9 Å². The molecule has 0 fully saturated rings. The van der Waals surface area contributed by atoms with E-state index < -0.39 is 0 Å². The Morgan fingerprint density at radius 2 is 1.73 bits per heavy atom. The molecule has 5 nitrogen and oxygen atoms in total. The van der Waals surface area contributed by atoms with E-state index in [4.69, 9.17) is 17.0 Å². The van der Waals surface area contributed by atoms with Gasteiger partial charge in [0.1, 0.15) is 5.75 Å². The van der Waals surface area contributed by atoms with E-state index in [9.17, 15) is 0 Å². The van der Waals surface area contributed by atoms with Crippen LogP contribution in [0.2, 0.25) is 0 Å². The summed E-state index contributed by atoms with van der Waals surface area (Å²) in [5, 5.41) is 11.4. The third kappa shape index (κ3) is 2.72. The molecule has 6 heteroatoms. The second kappa shape index (κ2) is 6.46. The van der Waals surface area contributed by atoms with Crippen molar-refractivity contribution in [2.45, 2.75) is 19.9 Å². The minimum absolute atomic E-state index is 0.0638. The van der Waals surface area contributed by atoms with Crippen LogP contribution in [-0.4, -0.2) is 22.4 Å². The van der Waals surface area contributed by atoms with Crippen LogP contribution in [0.1, 0.15) is 28.4 Å². The number of methoxy groups -OCH3 is 1. The van der Waals surface area contributed by atoms with Gasteiger partial charge in [-0.3, -0.25) is 5.10 Å². The van der Waals surface area contributed by atoms with Crippen molar-refractivity contribution in [3.8, 4) is 5.75 Å². The minimum Gasteiger partial charge on any atom is -0.497 e. The van der Waals surface area contributed by atoms with Gasteiger partial charge >= 0.3 is 0 Å². The van der Waals surface area contributed by atoms with E-state index in [1.165, 1.54) is 5.56 Å². The van der Waals surface area contributed by atoms with Gasteiger partial charge in [0.15, 0.2) is 10.9 Å². The summed E-state index contributed by atoms with van der Waals surface area (Å²) in [5.41, 5.74) is 5.50. The zero-order chi connectivity index (χ0) is 18.3. The number of aryl methyl sites for hydroxylation is 2. The summed E-state index contributed by atoms with van der Waals surface area (Å²) in [6.45, 7) is 4.11. The Morgan fingerprint density at radius 1 is 1.04 bits per heavy atom. The third-order valence-corrected chi connectivity index (χ3v) is 5.01. The summed E-state index contributed by atoms with van der Waals surface area (Å²) in [4.78, 5) is 2.14. The summed E-state index contributed by atoms with van der Waals surface area (Å²) >= 11 is 5.69. The number of nitrogens with one attached hydrogen (secondary N) is 2. The largest absolute Gasteiger partial charge is 0.497 e. The number of fused-ring (bicyclic) bond motifs is 1. The number of hydrogen-bond acceptors (Lipinski definition) is 3. The van der Waals surface area contributed by atoms with Crippen molar-refractivity contribution in [1.29, 1.82) is 0 Å². The van der Waals surface area contributed by atoms with Crippen LogP contribution < -0.4 is 15.0 Å². The van der Waals surface area contributed by atoms with E-state index >= 15 is 0 Å². The van der Waals surface area contributed by atoms with Crippen molar-refractivity contribution in [2.75, 3.05) is 17.3 Å². The van der Waals surface area contributed by atoms with Crippen LogP contribution in [0.3, 0.4) is 0 Å². The number of ether oxygens (including phenoxy) is 1. The molecule has 2 N–H and O–H groups in total. The molecular formula is C20H20N4OS. The number of nitrogens with zero attached hydrogens (tertiary/aromatic N) is 2. The first-order chi connectivity index (χ1) is 12.6. The Labute approximate surface area is 158 Å². The lowest BCUT2D eigenvalue weighted by molar-refractivity contribution is 0.414. The maximum absolute atomic E-state index is 5.69. The van der Waals surface area contributed by atoms with Crippen molar-refractivity contribution >= 4 is 28.8 Å². The fourth-order valence-electron chi connectivity index (χ4n) is 3.35. The number of hydrogen-bond donors (Lipinski definition) is 2. The summed E-state index contributed by atoms with van der Waals surface area (Å²) < 4.78 is 5.31. The van der Waals surface area contributed by atoms with Crippen molar-refractivity contribution in [2.24, 2.45) is 0 Å². The average molecular weight is 364 g/mol. The molecule has 0 spiro atoms. The summed E-state index contributed by atoms with van der Waals surface area (Å²) in [6.07, 6.45) is 0. The number of H-pyrrole nitrogens is 1. The predicted molar refractivity (Wildman–Crippen MR) is 108 cm³/mol. The highest BCUT2D eigenvalue weighted by Crippen LogP contribution is 2.41. The van der Waals surface area contributed by atoms with E-state index in [1.54, 1.807) is 7.11 Å². The van der Waals surface area contributed by atoms with E-state index in [0.29, 0.717) is 5.11 Å². The van der Waals surface area contributed by atoms with Crippen molar-refractivity contribution in [1.82, 2.24) is 10.2 Å². The molecule has 0 saturated heterocycles. The van der Waals surface area contributed by atoms with Crippen LogP contribution in [0, 0.1) is 13.8 Å². The topological polar surface area (TPSA) is 53.2 Å².